The Labute approximate surface area is 409 Å². The van der Waals surface area contributed by atoms with Gasteiger partial charge in [-0.2, -0.15) is 0 Å². The molecule has 0 aliphatic carbocycles. The van der Waals surface area contributed by atoms with E-state index in [1.165, 1.54) is 218 Å². The molecule has 2 atom stereocenters. The Hall–Kier alpha value is -1.93. The molecule has 66 heavy (non-hydrogen) atoms. The van der Waals surface area contributed by atoms with E-state index in [1.807, 2.05) is 21.1 Å². The molecule has 0 aromatic carbocycles. The Bertz CT molecular complexity index is 1090. The fraction of sp³-hybridized carbons (Fsp3) is 0.914. The number of ether oxygens (including phenoxy) is 3. The van der Waals surface area contributed by atoms with Crippen LogP contribution in [0.2, 0.25) is 0 Å². The van der Waals surface area contributed by atoms with Crippen molar-refractivity contribution >= 4 is 17.9 Å². The van der Waals surface area contributed by atoms with E-state index in [4.69, 9.17) is 14.2 Å². The Morgan fingerprint density at radius 3 is 1.09 bits per heavy atom. The zero-order valence-electron chi connectivity index (χ0n) is 44.6. The van der Waals surface area contributed by atoms with E-state index in [9.17, 15) is 19.5 Å². The van der Waals surface area contributed by atoms with Crippen molar-refractivity contribution in [3.8, 4) is 0 Å². The molecule has 0 fully saturated rings. The highest BCUT2D eigenvalue weighted by Gasteiger charge is 2.25. The van der Waals surface area contributed by atoms with Crippen molar-refractivity contribution < 1.29 is 38.2 Å². The third-order valence-electron chi connectivity index (χ3n) is 13.4. The number of likely N-dealkylation sites (N-methyl/N-ethyl adjacent to an activating group) is 1. The number of aliphatic carboxylic acids is 1. The number of quaternary nitrogens is 1. The molecular formula is C58H111NO7. The van der Waals surface area contributed by atoms with Crippen molar-refractivity contribution in [3.63, 3.8) is 0 Å². The molecule has 0 aliphatic rings. The Kier molecular flexibility index (Phi) is 48.0. The van der Waals surface area contributed by atoms with Crippen LogP contribution < -0.4 is 5.11 Å². The molecule has 0 saturated heterocycles. The second kappa shape index (κ2) is 49.5. The van der Waals surface area contributed by atoms with E-state index in [0.717, 1.165) is 38.5 Å². The SMILES string of the molecule is CCCCCCCCCCC/C=C/CCCCCCCCCC(=O)OCC(COCCC(C(=O)[O-])[N+](C)(C)C)OC(=O)CCCCCCCCCCCCCCCCCCCCCCCC. The summed E-state index contributed by atoms with van der Waals surface area (Å²) in [5.41, 5.74) is 0. The molecule has 0 spiro atoms. The summed E-state index contributed by atoms with van der Waals surface area (Å²) in [6, 6.07) is -0.723. The fourth-order valence-electron chi connectivity index (χ4n) is 8.95. The molecule has 2 unspecified atom stereocenters. The molecule has 0 N–H and O–H groups in total. The summed E-state index contributed by atoms with van der Waals surface area (Å²) in [7, 11) is 5.43. The summed E-state index contributed by atoms with van der Waals surface area (Å²) in [5, 5.41) is 11.7. The molecule has 0 amide bonds. The number of hydrogen-bond donors (Lipinski definition) is 0. The molecule has 0 heterocycles. The molecule has 8 heteroatoms. The summed E-state index contributed by atoms with van der Waals surface area (Å²) in [6.45, 7) is 4.72. The van der Waals surface area contributed by atoms with Gasteiger partial charge >= 0.3 is 11.9 Å². The van der Waals surface area contributed by atoms with Gasteiger partial charge in [-0.05, 0) is 38.5 Å². The van der Waals surface area contributed by atoms with Crippen LogP contribution in [0.4, 0.5) is 0 Å². The Morgan fingerprint density at radius 2 is 0.758 bits per heavy atom. The average molecular weight is 935 g/mol. The Balaban J connectivity index is 4.14. The van der Waals surface area contributed by atoms with Crippen molar-refractivity contribution in [2.24, 2.45) is 0 Å². The second-order valence-corrected chi connectivity index (χ2v) is 20.9. The van der Waals surface area contributed by atoms with Crippen LogP contribution in [-0.4, -0.2) is 75.5 Å². The highest BCUT2D eigenvalue weighted by Crippen LogP contribution is 2.17. The summed E-state index contributed by atoms with van der Waals surface area (Å²) in [6.07, 6.45) is 56.8. The monoisotopic (exact) mass is 934 g/mol. The van der Waals surface area contributed by atoms with Crippen LogP contribution >= 0.6 is 0 Å². The van der Waals surface area contributed by atoms with Gasteiger partial charge in [-0.25, -0.2) is 0 Å². The number of nitrogens with zero attached hydrogens (tertiary/aromatic N) is 1. The third-order valence-corrected chi connectivity index (χ3v) is 13.4. The van der Waals surface area contributed by atoms with E-state index >= 15 is 0 Å². The first-order valence-corrected chi connectivity index (χ1v) is 28.7. The predicted octanol–water partition coefficient (Wildman–Crippen LogP) is 15.7. The van der Waals surface area contributed by atoms with Gasteiger partial charge in [0.05, 0.1) is 40.3 Å². The number of hydrogen-bond acceptors (Lipinski definition) is 7. The maximum absolute atomic E-state index is 12.8. The molecule has 0 saturated carbocycles. The molecule has 8 nitrogen and oxygen atoms in total. The van der Waals surface area contributed by atoms with Crippen molar-refractivity contribution in [1.82, 2.24) is 0 Å². The maximum atomic E-state index is 12.8. The molecule has 390 valence electrons. The fourth-order valence-corrected chi connectivity index (χ4v) is 8.95. The Morgan fingerprint density at radius 1 is 0.439 bits per heavy atom. The lowest BCUT2D eigenvalue weighted by atomic mass is 10.0. The van der Waals surface area contributed by atoms with E-state index in [2.05, 4.69) is 26.0 Å². The molecule has 0 aromatic rings. The van der Waals surface area contributed by atoms with Gasteiger partial charge in [0.15, 0.2) is 6.10 Å². The molecular weight excluding hydrogens is 823 g/mol. The standard InChI is InChI=1S/C58H111NO7/c1-6-8-10-12-14-16-18-20-22-24-26-28-29-31-33-35-37-39-41-43-45-47-49-57(61)66-54(52-64-51-50-55(58(62)63)59(3,4)5)53-65-56(60)48-46-44-42-40-38-36-34-32-30-27-25-23-21-19-17-15-13-11-9-7-2/h27,30,54-55H,6-26,28-29,31-53H2,1-5H3/b30-27+. The number of esters is 2. The van der Waals surface area contributed by atoms with Crippen molar-refractivity contribution in [2.45, 2.75) is 302 Å². The molecule has 0 radical (unpaired) electrons. The number of carbonyl (C=O) groups excluding carboxylic acids is 3. The van der Waals surface area contributed by atoms with Crippen molar-refractivity contribution in [1.29, 1.82) is 0 Å². The predicted molar refractivity (Wildman–Crippen MR) is 278 cm³/mol. The van der Waals surface area contributed by atoms with Gasteiger partial charge in [0.25, 0.3) is 0 Å². The summed E-state index contributed by atoms with van der Waals surface area (Å²) in [4.78, 5) is 37.1. The number of allylic oxidation sites excluding steroid dienone is 2. The summed E-state index contributed by atoms with van der Waals surface area (Å²) in [5.74, 6) is -1.71. The van der Waals surface area contributed by atoms with Crippen LogP contribution in [0.15, 0.2) is 12.2 Å². The lowest BCUT2D eigenvalue weighted by molar-refractivity contribution is -0.889. The van der Waals surface area contributed by atoms with Gasteiger partial charge in [-0.15, -0.1) is 0 Å². The minimum atomic E-state index is -1.12. The van der Waals surface area contributed by atoms with E-state index < -0.39 is 18.1 Å². The molecule has 0 rings (SSSR count). The van der Waals surface area contributed by atoms with Crippen LogP contribution in [0.1, 0.15) is 290 Å². The van der Waals surface area contributed by atoms with E-state index in [-0.39, 0.29) is 42.7 Å². The first kappa shape index (κ1) is 64.1. The normalized spacial score (nSPS) is 12.8. The minimum Gasteiger partial charge on any atom is -0.544 e. The first-order chi connectivity index (χ1) is 32.1. The summed E-state index contributed by atoms with van der Waals surface area (Å²) < 4.78 is 17.3. The van der Waals surface area contributed by atoms with E-state index in [0.29, 0.717) is 12.8 Å². The van der Waals surface area contributed by atoms with Gasteiger partial charge in [-0.1, -0.05) is 244 Å². The topological polar surface area (TPSA) is 102 Å². The zero-order chi connectivity index (χ0) is 48.4. The lowest BCUT2D eigenvalue weighted by Gasteiger charge is -2.34. The highest BCUT2D eigenvalue weighted by molar-refractivity contribution is 5.70. The number of carbonyl (C=O) groups is 3. The number of carboxylic acid groups (broad SMARTS) is 1. The largest absolute Gasteiger partial charge is 0.544 e. The average Bonchev–Trinajstić information content (AvgIpc) is 3.28. The van der Waals surface area contributed by atoms with Gasteiger partial charge in [0.1, 0.15) is 12.6 Å². The van der Waals surface area contributed by atoms with E-state index in [1.54, 1.807) is 0 Å². The van der Waals surface area contributed by atoms with Crippen LogP contribution in [0.25, 0.3) is 0 Å². The van der Waals surface area contributed by atoms with Gasteiger partial charge in [-0.3, -0.25) is 9.59 Å². The second-order valence-electron chi connectivity index (χ2n) is 20.9. The van der Waals surface area contributed by atoms with Crippen molar-refractivity contribution in [3.05, 3.63) is 12.2 Å². The minimum absolute atomic E-state index is 0.0460. The number of carboxylic acids is 1. The molecule has 0 aliphatic heterocycles. The van der Waals surface area contributed by atoms with Gasteiger partial charge in [0, 0.05) is 19.3 Å². The van der Waals surface area contributed by atoms with Crippen LogP contribution in [0.3, 0.4) is 0 Å². The van der Waals surface area contributed by atoms with Gasteiger partial charge in [0.2, 0.25) is 0 Å². The number of rotatable bonds is 53. The smallest absolute Gasteiger partial charge is 0.306 e. The quantitative estimate of drug-likeness (QED) is 0.0259. The third kappa shape index (κ3) is 47.1. The van der Waals surface area contributed by atoms with Crippen LogP contribution in [0, 0.1) is 0 Å². The zero-order valence-corrected chi connectivity index (χ0v) is 44.6. The van der Waals surface area contributed by atoms with Crippen LogP contribution in [-0.2, 0) is 28.6 Å². The maximum Gasteiger partial charge on any atom is 0.306 e. The lowest BCUT2D eigenvalue weighted by Crippen LogP contribution is -2.55. The summed E-state index contributed by atoms with van der Waals surface area (Å²) >= 11 is 0. The molecule has 0 bridgehead atoms. The highest BCUT2D eigenvalue weighted by atomic mass is 16.6. The van der Waals surface area contributed by atoms with Gasteiger partial charge < -0.3 is 28.6 Å². The molecule has 0 aromatic heterocycles. The van der Waals surface area contributed by atoms with Crippen molar-refractivity contribution in [2.75, 3.05) is 41.0 Å². The first-order valence-electron chi connectivity index (χ1n) is 28.7. The van der Waals surface area contributed by atoms with Crippen LogP contribution in [0.5, 0.6) is 0 Å². The number of unbranched alkanes of at least 4 members (excludes halogenated alkanes) is 37.